The van der Waals surface area contributed by atoms with Crippen LogP contribution < -0.4 is 15.4 Å². The summed E-state index contributed by atoms with van der Waals surface area (Å²) in [5.41, 5.74) is 0.506. The van der Waals surface area contributed by atoms with Crippen molar-refractivity contribution in [3.8, 4) is 5.75 Å². The Labute approximate surface area is 130 Å². The molecule has 0 fully saturated rings. The van der Waals surface area contributed by atoms with Gasteiger partial charge in [0.25, 0.3) is 5.91 Å². The molecule has 2 amide bonds. The predicted molar refractivity (Wildman–Crippen MR) is 81.8 cm³/mol. The lowest BCUT2D eigenvalue weighted by Gasteiger charge is -2.19. The molecule has 6 heteroatoms. The number of ether oxygens (including phenoxy) is 2. The molecule has 0 unspecified atom stereocenters. The van der Waals surface area contributed by atoms with Crippen LogP contribution in [0.1, 0.15) is 26.3 Å². The Morgan fingerprint density at radius 3 is 2.59 bits per heavy atom. The standard InChI is InChI=1S/C16H22N2O4/c1-16(2,3)22-15(20)18-9-8-17-14(19)13-10-11-6-4-5-7-12(11)21-13/h4-7,13H,8-10H2,1-3H3,(H,17,19)(H,18,20)/t13-/m1/s1. The largest absolute Gasteiger partial charge is 0.480 e. The van der Waals surface area contributed by atoms with Gasteiger partial charge in [0, 0.05) is 19.5 Å². The highest BCUT2D eigenvalue weighted by atomic mass is 16.6. The number of benzene rings is 1. The first-order valence-electron chi connectivity index (χ1n) is 7.34. The molecule has 0 aliphatic carbocycles. The predicted octanol–water partition coefficient (Wildman–Crippen LogP) is 1.63. The van der Waals surface area contributed by atoms with E-state index in [1.54, 1.807) is 20.8 Å². The number of carbonyl (C=O) groups excluding carboxylic acids is 2. The van der Waals surface area contributed by atoms with Crippen molar-refractivity contribution < 1.29 is 19.1 Å². The lowest BCUT2D eigenvalue weighted by Crippen LogP contribution is -2.42. The lowest BCUT2D eigenvalue weighted by atomic mass is 10.1. The Hall–Kier alpha value is -2.24. The van der Waals surface area contributed by atoms with E-state index in [1.807, 2.05) is 24.3 Å². The van der Waals surface area contributed by atoms with Crippen LogP contribution in [0.2, 0.25) is 0 Å². The number of rotatable bonds is 4. The second-order valence-corrected chi connectivity index (χ2v) is 6.14. The Morgan fingerprint density at radius 1 is 1.23 bits per heavy atom. The van der Waals surface area contributed by atoms with Crippen molar-refractivity contribution >= 4 is 12.0 Å². The molecule has 6 nitrogen and oxygen atoms in total. The molecule has 1 aliphatic heterocycles. The van der Waals surface area contributed by atoms with Crippen LogP contribution in [0.5, 0.6) is 5.75 Å². The molecule has 0 bridgehead atoms. The number of fused-ring (bicyclic) bond motifs is 1. The van der Waals surface area contributed by atoms with Gasteiger partial charge < -0.3 is 20.1 Å². The maximum atomic E-state index is 12.0. The molecule has 1 aromatic rings. The number of para-hydroxylation sites is 1. The number of alkyl carbamates (subject to hydrolysis) is 1. The smallest absolute Gasteiger partial charge is 0.407 e. The fourth-order valence-electron chi connectivity index (χ4n) is 2.11. The van der Waals surface area contributed by atoms with Crippen LogP contribution in [-0.2, 0) is 16.0 Å². The summed E-state index contributed by atoms with van der Waals surface area (Å²) in [6, 6.07) is 7.61. The van der Waals surface area contributed by atoms with Crippen molar-refractivity contribution in [1.29, 1.82) is 0 Å². The van der Waals surface area contributed by atoms with Crippen molar-refractivity contribution in [3.63, 3.8) is 0 Å². The number of hydrogen-bond acceptors (Lipinski definition) is 4. The maximum absolute atomic E-state index is 12.0. The van der Waals surface area contributed by atoms with Gasteiger partial charge in [-0.3, -0.25) is 4.79 Å². The highest BCUT2D eigenvalue weighted by Crippen LogP contribution is 2.27. The quantitative estimate of drug-likeness (QED) is 0.829. The zero-order chi connectivity index (χ0) is 16.2. The van der Waals surface area contributed by atoms with Crippen LogP contribution in [0.4, 0.5) is 4.79 Å². The Kier molecular flexibility index (Phi) is 4.90. The molecule has 2 rings (SSSR count). The van der Waals surface area contributed by atoms with Crippen LogP contribution in [0.15, 0.2) is 24.3 Å². The third-order valence-electron chi connectivity index (χ3n) is 3.03. The number of nitrogens with one attached hydrogen (secondary N) is 2. The van der Waals surface area contributed by atoms with Crippen molar-refractivity contribution in [3.05, 3.63) is 29.8 Å². The van der Waals surface area contributed by atoms with Crippen molar-refractivity contribution in [2.24, 2.45) is 0 Å². The molecule has 1 atom stereocenters. The molecule has 1 aliphatic rings. The van der Waals surface area contributed by atoms with Crippen LogP contribution in [0.25, 0.3) is 0 Å². The van der Waals surface area contributed by atoms with Gasteiger partial charge in [-0.05, 0) is 32.4 Å². The SMILES string of the molecule is CC(C)(C)OC(=O)NCCNC(=O)[C@H]1Cc2ccccc2O1. The fourth-order valence-corrected chi connectivity index (χ4v) is 2.11. The van der Waals surface area contributed by atoms with Gasteiger partial charge in [0.15, 0.2) is 6.10 Å². The number of hydrogen-bond donors (Lipinski definition) is 2. The number of carbonyl (C=O) groups is 2. The van der Waals surface area contributed by atoms with E-state index in [1.165, 1.54) is 0 Å². The van der Waals surface area contributed by atoms with Crippen molar-refractivity contribution in [1.82, 2.24) is 10.6 Å². The van der Waals surface area contributed by atoms with Crippen LogP contribution >= 0.6 is 0 Å². The summed E-state index contributed by atoms with van der Waals surface area (Å²) in [4.78, 5) is 23.4. The first-order chi connectivity index (χ1) is 10.3. The summed E-state index contributed by atoms with van der Waals surface area (Å²) in [5.74, 6) is 0.580. The van der Waals surface area contributed by atoms with E-state index in [0.29, 0.717) is 19.5 Å². The van der Waals surface area contributed by atoms with Crippen LogP contribution in [0.3, 0.4) is 0 Å². The third kappa shape index (κ3) is 4.65. The summed E-state index contributed by atoms with van der Waals surface area (Å²) in [5, 5.41) is 5.33. The molecule has 0 spiro atoms. The molecule has 0 radical (unpaired) electrons. The maximum Gasteiger partial charge on any atom is 0.407 e. The molecule has 0 aromatic heterocycles. The molecule has 0 saturated heterocycles. The average molecular weight is 306 g/mol. The highest BCUT2D eigenvalue weighted by molar-refractivity contribution is 5.82. The van der Waals surface area contributed by atoms with Crippen molar-refractivity contribution in [2.45, 2.75) is 38.9 Å². The van der Waals surface area contributed by atoms with Gasteiger partial charge in [-0.25, -0.2) is 4.79 Å². The number of amides is 2. The molecular weight excluding hydrogens is 284 g/mol. The Bertz CT molecular complexity index is 526. The van der Waals surface area contributed by atoms with E-state index in [4.69, 9.17) is 9.47 Å². The molecule has 1 aromatic carbocycles. The zero-order valence-corrected chi connectivity index (χ0v) is 13.1. The average Bonchev–Trinajstić information content (AvgIpc) is 2.85. The van der Waals surface area contributed by atoms with Gasteiger partial charge in [0.1, 0.15) is 11.4 Å². The lowest BCUT2D eigenvalue weighted by molar-refractivity contribution is -0.127. The molecule has 0 saturated carbocycles. The summed E-state index contributed by atoms with van der Waals surface area (Å²) >= 11 is 0. The van der Waals surface area contributed by atoms with E-state index in [9.17, 15) is 9.59 Å². The minimum absolute atomic E-state index is 0.179. The van der Waals surface area contributed by atoms with Crippen LogP contribution in [0, 0.1) is 0 Å². The Morgan fingerprint density at radius 2 is 1.91 bits per heavy atom. The minimum Gasteiger partial charge on any atom is -0.480 e. The summed E-state index contributed by atoms with van der Waals surface area (Å²) in [6.45, 7) is 6.02. The second kappa shape index (κ2) is 6.68. The second-order valence-electron chi connectivity index (χ2n) is 6.14. The summed E-state index contributed by atoms with van der Waals surface area (Å²) in [7, 11) is 0. The van der Waals surface area contributed by atoms with Crippen LogP contribution in [-0.4, -0.2) is 36.8 Å². The van der Waals surface area contributed by atoms with E-state index >= 15 is 0 Å². The monoisotopic (exact) mass is 306 g/mol. The van der Waals surface area contributed by atoms with Gasteiger partial charge in [-0.1, -0.05) is 18.2 Å². The zero-order valence-electron chi connectivity index (χ0n) is 13.1. The first-order valence-corrected chi connectivity index (χ1v) is 7.34. The normalized spacial score (nSPS) is 16.4. The molecule has 1 heterocycles. The highest BCUT2D eigenvalue weighted by Gasteiger charge is 2.28. The van der Waals surface area contributed by atoms with Gasteiger partial charge in [0.2, 0.25) is 0 Å². The van der Waals surface area contributed by atoms with E-state index in [2.05, 4.69) is 10.6 Å². The Balaban J connectivity index is 1.66. The summed E-state index contributed by atoms with van der Waals surface area (Å²) < 4.78 is 10.7. The van der Waals surface area contributed by atoms with E-state index < -0.39 is 17.8 Å². The summed E-state index contributed by atoms with van der Waals surface area (Å²) in [6.07, 6.45) is -0.424. The first kappa shape index (κ1) is 16.1. The van der Waals surface area contributed by atoms with Gasteiger partial charge in [0.05, 0.1) is 0 Å². The molecule has 22 heavy (non-hydrogen) atoms. The van der Waals surface area contributed by atoms with Gasteiger partial charge in [-0.2, -0.15) is 0 Å². The minimum atomic E-state index is -0.531. The topological polar surface area (TPSA) is 76.7 Å². The van der Waals surface area contributed by atoms with E-state index in [-0.39, 0.29) is 5.91 Å². The third-order valence-corrected chi connectivity index (χ3v) is 3.03. The van der Waals surface area contributed by atoms with Gasteiger partial charge in [-0.15, -0.1) is 0 Å². The molecular formula is C16H22N2O4. The van der Waals surface area contributed by atoms with Gasteiger partial charge >= 0.3 is 6.09 Å². The molecule has 2 N–H and O–H groups in total. The fraction of sp³-hybridized carbons (Fsp3) is 0.500. The van der Waals surface area contributed by atoms with Crippen molar-refractivity contribution in [2.75, 3.05) is 13.1 Å². The molecule has 120 valence electrons. The van der Waals surface area contributed by atoms with E-state index in [0.717, 1.165) is 11.3 Å².